The van der Waals surface area contributed by atoms with Gasteiger partial charge in [0.15, 0.2) is 0 Å². The van der Waals surface area contributed by atoms with Crippen LogP contribution in [0.15, 0.2) is 0 Å². The van der Waals surface area contributed by atoms with E-state index in [4.69, 9.17) is 9.47 Å². The van der Waals surface area contributed by atoms with Crippen molar-refractivity contribution in [2.24, 2.45) is 0 Å². The van der Waals surface area contributed by atoms with E-state index in [0.717, 1.165) is 6.42 Å². The summed E-state index contributed by atoms with van der Waals surface area (Å²) < 4.78 is 10.0. The number of hydrogen-bond donors (Lipinski definition) is 0. The highest BCUT2D eigenvalue weighted by molar-refractivity contribution is 5.69. The highest BCUT2D eigenvalue weighted by atomic mass is 16.5. The Labute approximate surface area is 74.0 Å². The molecule has 0 heterocycles. The van der Waals surface area contributed by atoms with Crippen LogP contribution < -0.4 is 0 Å². The molecule has 0 radical (unpaired) electrons. The Morgan fingerprint density at radius 1 is 1.42 bits per heavy atom. The number of esters is 1. The Kier molecular flexibility index (Phi) is 6.76. The van der Waals surface area contributed by atoms with Crippen LogP contribution in [0.1, 0.15) is 33.6 Å². The van der Waals surface area contributed by atoms with Crippen LogP contribution in [0, 0.1) is 0 Å². The summed E-state index contributed by atoms with van der Waals surface area (Å²) in [5.74, 6) is -0.180. The fourth-order valence-corrected chi connectivity index (χ4v) is 0.694. The third-order valence-electron chi connectivity index (χ3n) is 1.59. The summed E-state index contributed by atoms with van der Waals surface area (Å²) in [5.41, 5.74) is 0. The summed E-state index contributed by atoms with van der Waals surface area (Å²) >= 11 is 0. The first-order valence-corrected chi connectivity index (χ1v) is 4.47. The van der Waals surface area contributed by atoms with Crippen molar-refractivity contribution in [2.75, 3.05) is 13.2 Å². The minimum absolute atomic E-state index is 0.180. The Balaban J connectivity index is 3.24. The molecular formula is C9H18O3. The maximum Gasteiger partial charge on any atom is 0.308 e. The number of ether oxygens (including phenoxy) is 2. The molecule has 0 spiro atoms. The molecule has 0 bridgehead atoms. The van der Waals surface area contributed by atoms with Gasteiger partial charge in [0.05, 0.1) is 25.7 Å². The van der Waals surface area contributed by atoms with Gasteiger partial charge in [-0.25, -0.2) is 0 Å². The molecule has 12 heavy (non-hydrogen) atoms. The van der Waals surface area contributed by atoms with Gasteiger partial charge in [-0.1, -0.05) is 6.92 Å². The maximum absolute atomic E-state index is 10.8. The molecule has 0 aliphatic rings. The quantitative estimate of drug-likeness (QED) is 0.575. The highest BCUT2D eigenvalue weighted by Crippen LogP contribution is 1.97. The van der Waals surface area contributed by atoms with Crippen molar-refractivity contribution in [2.45, 2.75) is 39.7 Å². The Hall–Kier alpha value is -0.570. The van der Waals surface area contributed by atoms with Crippen LogP contribution in [0.2, 0.25) is 0 Å². The SMILES string of the molecule is CCOC(=O)CCOC(C)CC. The summed E-state index contributed by atoms with van der Waals surface area (Å²) in [6, 6.07) is 0. The summed E-state index contributed by atoms with van der Waals surface area (Å²) in [5, 5.41) is 0. The summed E-state index contributed by atoms with van der Waals surface area (Å²) in [6.07, 6.45) is 1.57. The van der Waals surface area contributed by atoms with E-state index in [2.05, 4.69) is 6.92 Å². The highest BCUT2D eigenvalue weighted by Gasteiger charge is 2.03. The lowest BCUT2D eigenvalue weighted by Gasteiger charge is -2.09. The molecular weight excluding hydrogens is 156 g/mol. The summed E-state index contributed by atoms with van der Waals surface area (Å²) in [6.45, 7) is 6.75. The van der Waals surface area contributed by atoms with Crippen molar-refractivity contribution < 1.29 is 14.3 Å². The number of rotatable bonds is 6. The molecule has 0 rings (SSSR count). The molecule has 0 saturated carbocycles. The van der Waals surface area contributed by atoms with Crippen LogP contribution in [0.25, 0.3) is 0 Å². The largest absolute Gasteiger partial charge is 0.466 e. The van der Waals surface area contributed by atoms with E-state index in [9.17, 15) is 4.79 Å². The fourth-order valence-electron chi connectivity index (χ4n) is 0.694. The van der Waals surface area contributed by atoms with Gasteiger partial charge in [0, 0.05) is 0 Å². The van der Waals surface area contributed by atoms with Gasteiger partial charge in [-0.3, -0.25) is 4.79 Å². The van der Waals surface area contributed by atoms with E-state index < -0.39 is 0 Å². The molecule has 1 unspecified atom stereocenters. The zero-order valence-corrected chi connectivity index (χ0v) is 8.13. The second kappa shape index (κ2) is 7.10. The Morgan fingerprint density at radius 3 is 2.58 bits per heavy atom. The van der Waals surface area contributed by atoms with Crippen molar-refractivity contribution in [1.82, 2.24) is 0 Å². The molecule has 0 fully saturated rings. The van der Waals surface area contributed by atoms with Crippen molar-refractivity contribution in [3.8, 4) is 0 Å². The third-order valence-corrected chi connectivity index (χ3v) is 1.59. The zero-order chi connectivity index (χ0) is 9.40. The van der Waals surface area contributed by atoms with Crippen LogP contribution in [0.4, 0.5) is 0 Å². The molecule has 0 N–H and O–H groups in total. The van der Waals surface area contributed by atoms with Crippen molar-refractivity contribution in [3.05, 3.63) is 0 Å². The molecule has 0 saturated heterocycles. The van der Waals surface area contributed by atoms with E-state index >= 15 is 0 Å². The van der Waals surface area contributed by atoms with E-state index in [1.807, 2.05) is 6.92 Å². The number of carbonyl (C=O) groups is 1. The Bertz CT molecular complexity index is 123. The first-order chi connectivity index (χ1) is 5.70. The fraction of sp³-hybridized carbons (Fsp3) is 0.889. The molecule has 0 aromatic heterocycles. The van der Waals surface area contributed by atoms with Crippen LogP contribution in [0.5, 0.6) is 0 Å². The Morgan fingerprint density at radius 2 is 2.08 bits per heavy atom. The van der Waals surface area contributed by atoms with Gasteiger partial charge >= 0.3 is 5.97 Å². The van der Waals surface area contributed by atoms with Gasteiger partial charge < -0.3 is 9.47 Å². The van der Waals surface area contributed by atoms with Crippen molar-refractivity contribution >= 4 is 5.97 Å². The normalized spacial score (nSPS) is 12.6. The lowest BCUT2D eigenvalue weighted by atomic mass is 10.3. The van der Waals surface area contributed by atoms with Gasteiger partial charge in [-0.2, -0.15) is 0 Å². The molecule has 1 atom stereocenters. The monoisotopic (exact) mass is 174 g/mol. The third kappa shape index (κ3) is 6.16. The van der Waals surface area contributed by atoms with Crippen LogP contribution in [-0.2, 0) is 14.3 Å². The summed E-state index contributed by atoms with van der Waals surface area (Å²) in [7, 11) is 0. The molecule has 3 nitrogen and oxygen atoms in total. The zero-order valence-electron chi connectivity index (χ0n) is 8.13. The molecule has 0 aromatic rings. The van der Waals surface area contributed by atoms with Gasteiger partial charge in [0.2, 0.25) is 0 Å². The average molecular weight is 174 g/mol. The predicted octanol–water partition coefficient (Wildman–Crippen LogP) is 1.75. The molecule has 0 aliphatic carbocycles. The first kappa shape index (κ1) is 11.4. The maximum atomic E-state index is 10.8. The minimum atomic E-state index is -0.180. The number of hydrogen-bond acceptors (Lipinski definition) is 3. The van der Waals surface area contributed by atoms with Gasteiger partial charge in [0.1, 0.15) is 0 Å². The minimum Gasteiger partial charge on any atom is -0.466 e. The smallest absolute Gasteiger partial charge is 0.308 e. The van der Waals surface area contributed by atoms with Crippen molar-refractivity contribution in [3.63, 3.8) is 0 Å². The average Bonchev–Trinajstić information content (AvgIpc) is 2.04. The van der Waals surface area contributed by atoms with E-state index in [-0.39, 0.29) is 12.1 Å². The van der Waals surface area contributed by atoms with E-state index in [1.54, 1.807) is 6.92 Å². The van der Waals surface area contributed by atoms with Crippen LogP contribution in [-0.4, -0.2) is 25.3 Å². The second-order valence-electron chi connectivity index (χ2n) is 2.64. The van der Waals surface area contributed by atoms with Crippen molar-refractivity contribution in [1.29, 1.82) is 0 Å². The predicted molar refractivity (Wildman–Crippen MR) is 47.0 cm³/mol. The molecule has 0 aromatic carbocycles. The first-order valence-electron chi connectivity index (χ1n) is 4.47. The standard InChI is InChI=1S/C9H18O3/c1-4-8(3)12-7-6-9(10)11-5-2/h8H,4-7H2,1-3H3. The summed E-state index contributed by atoms with van der Waals surface area (Å²) in [4.78, 5) is 10.8. The molecule has 72 valence electrons. The molecule has 3 heteroatoms. The lowest BCUT2D eigenvalue weighted by Crippen LogP contribution is -2.12. The van der Waals surface area contributed by atoms with Gasteiger partial charge in [0.25, 0.3) is 0 Å². The second-order valence-corrected chi connectivity index (χ2v) is 2.64. The van der Waals surface area contributed by atoms with Crippen LogP contribution in [0.3, 0.4) is 0 Å². The topological polar surface area (TPSA) is 35.5 Å². The van der Waals surface area contributed by atoms with Gasteiger partial charge in [-0.15, -0.1) is 0 Å². The van der Waals surface area contributed by atoms with Gasteiger partial charge in [-0.05, 0) is 20.3 Å². The van der Waals surface area contributed by atoms with E-state index in [0.29, 0.717) is 19.6 Å². The van der Waals surface area contributed by atoms with Crippen LogP contribution >= 0.6 is 0 Å². The molecule has 0 amide bonds. The number of carbonyl (C=O) groups excluding carboxylic acids is 1. The van der Waals surface area contributed by atoms with E-state index in [1.165, 1.54) is 0 Å². The molecule has 0 aliphatic heterocycles. The lowest BCUT2D eigenvalue weighted by molar-refractivity contribution is -0.144.